The molecule has 0 bridgehead atoms. The normalized spacial score (nSPS) is 10.4. The summed E-state index contributed by atoms with van der Waals surface area (Å²) in [5.74, 6) is 0.0231. The molecule has 2 rings (SSSR count). The van der Waals surface area contributed by atoms with E-state index in [1.54, 1.807) is 19.1 Å². The summed E-state index contributed by atoms with van der Waals surface area (Å²) in [5.41, 5.74) is 2.17. The summed E-state index contributed by atoms with van der Waals surface area (Å²) < 4.78 is 0. The van der Waals surface area contributed by atoms with Gasteiger partial charge in [-0.25, -0.2) is 0 Å². The van der Waals surface area contributed by atoms with Crippen LogP contribution in [0.4, 0.5) is 11.4 Å². The number of aryl methyl sites for hydroxylation is 1. The number of nitro benzene ring substituents is 1. The van der Waals surface area contributed by atoms with Gasteiger partial charge in [0.1, 0.15) is 10.8 Å². The summed E-state index contributed by atoms with van der Waals surface area (Å²) in [7, 11) is 0. The Bertz CT molecular complexity index is 705. The maximum absolute atomic E-state index is 10.8. The van der Waals surface area contributed by atoms with Crippen molar-refractivity contribution in [2.75, 3.05) is 5.32 Å². The molecule has 2 N–H and O–H groups in total. The molecule has 0 radical (unpaired) electrons. The summed E-state index contributed by atoms with van der Waals surface area (Å²) in [6.45, 7) is 2.21. The predicted octanol–water partition coefficient (Wildman–Crippen LogP) is 4.53. The number of rotatable bonds is 4. The molecule has 5 nitrogen and oxygen atoms in total. The Labute approximate surface area is 131 Å². The second kappa shape index (κ2) is 6.20. The lowest BCUT2D eigenvalue weighted by atomic mass is 10.1. The van der Waals surface area contributed by atoms with Gasteiger partial charge in [-0.1, -0.05) is 29.3 Å². The highest BCUT2D eigenvalue weighted by atomic mass is 35.5. The number of benzene rings is 2. The zero-order chi connectivity index (χ0) is 15.6. The highest BCUT2D eigenvalue weighted by Gasteiger charge is 2.14. The Hall–Kier alpha value is -1.98. The molecule has 110 valence electrons. The van der Waals surface area contributed by atoms with Crippen LogP contribution in [0.2, 0.25) is 10.0 Å². The molecule has 0 saturated heterocycles. The van der Waals surface area contributed by atoms with Gasteiger partial charge in [-0.2, -0.15) is 0 Å². The van der Waals surface area contributed by atoms with Crippen LogP contribution in [0.3, 0.4) is 0 Å². The standard InChI is InChI=1S/C14H12Cl2N2O3/c1-8-4-13(18(20)21)10(15)6-12(8)17-7-9-2-3-14(19)11(16)5-9/h2-6,17,19H,7H2,1H3. The van der Waals surface area contributed by atoms with Crippen LogP contribution < -0.4 is 5.32 Å². The molecule has 0 aliphatic heterocycles. The van der Waals surface area contributed by atoms with Gasteiger partial charge in [0.15, 0.2) is 0 Å². The lowest BCUT2D eigenvalue weighted by molar-refractivity contribution is -0.384. The van der Waals surface area contributed by atoms with E-state index in [1.165, 1.54) is 18.2 Å². The van der Waals surface area contributed by atoms with E-state index in [2.05, 4.69) is 5.32 Å². The molecule has 0 aromatic heterocycles. The molecule has 0 aliphatic rings. The number of hydrogen-bond donors (Lipinski definition) is 2. The quantitative estimate of drug-likeness (QED) is 0.639. The van der Waals surface area contributed by atoms with Crippen LogP contribution in [0.15, 0.2) is 30.3 Å². The van der Waals surface area contributed by atoms with E-state index in [0.717, 1.165) is 11.1 Å². The second-order valence-electron chi connectivity index (χ2n) is 4.51. The SMILES string of the molecule is Cc1cc([N+](=O)[O-])c(Cl)cc1NCc1ccc(O)c(Cl)c1. The van der Waals surface area contributed by atoms with Gasteiger partial charge < -0.3 is 10.4 Å². The first-order chi connectivity index (χ1) is 9.88. The predicted molar refractivity (Wildman–Crippen MR) is 83.3 cm³/mol. The van der Waals surface area contributed by atoms with E-state index in [9.17, 15) is 15.2 Å². The van der Waals surface area contributed by atoms with Crippen LogP contribution in [0.1, 0.15) is 11.1 Å². The molecule has 0 atom stereocenters. The van der Waals surface area contributed by atoms with E-state index in [-0.39, 0.29) is 21.5 Å². The van der Waals surface area contributed by atoms with E-state index >= 15 is 0 Å². The number of nitro groups is 1. The molecular formula is C14H12Cl2N2O3. The number of nitrogens with zero attached hydrogens (tertiary/aromatic N) is 1. The fraction of sp³-hybridized carbons (Fsp3) is 0.143. The Balaban J connectivity index is 2.18. The van der Waals surface area contributed by atoms with Gasteiger partial charge in [0, 0.05) is 18.3 Å². The zero-order valence-corrected chi connectivity index (χ0v) is 12.6. The molecule has 0 amide bonds. The van der Waals surface area contributed by atoms with E-state index in [1.807, 2.05) is 0 Å². The zero-order valence-electron chi connectivity index (χ0n) is 11.1. The van der Waals surface area contributed by atoms with Gasteiger partial charge in [-0.3, -0.25) is 10.1 Å². The molecule has 2 aromatic carbocycles. The molecule has 2 aromatic rings. The summed E-state index contributed by atoms with van der Waals surface area (Å²) in [5, 5.41) is 23.6. The minimum atomic E-state index is -0.515. The van der Waals surface area contributed by atoms with Crippen LogP contribution in [0.5, 0.6) is 5.75 Å². The Kier molecular flexibility index (Phi) is 4.55. The third-order valence-electron chi connectivity index (χ3n) is 2.99. The highest BCUT2D eigenvalue weighted by Crippen LogP contribution is 2.31. The van der Waals surface area contributed by atoms with E-state index in [0.29, 0.717) is 12.2 Å². The molecule has 0 unspecified atom stereocenters. The average Bonchev–Trinajstić information content (AvgIpc) is 2.42. The number of halogens is 2. The van der Waals surface area contributed by atoms with Gasteiger partial charge >= 0.3 is 0 Å². The lowest BCUT2D eigenvalue weighted by Gasteiger charge is -2.11. The molecule has 0 saturated carbocycles. The van der Waals surface area contributed by atoms with Gasteiger partial charge in [0.25, 0.3) is 5.69 Å². The molecule has 7 heteroatoms. The summed E-state index contributed by atoms with van der Waals surface area (Å²) in [4.78, 5) is 10.3. The number of hydrogen-bond acceptors (Lipinski definition) is 4. The minimum Gasteiger partial charge on any atom is -0.506 e. The van der Waals surface area contributed by atoms with Gasteiger partial charge in [0.05, 0.1) is 9.95 Å². The molecular weight excluding hydrogens is 315 g/mol. The number of anilines is 1. The van der Waals surface area contributed by atoms with Crippen molar-refractivity contribution in [1.82, 2.24) is 0 Å². The van der Waals surface area contributed by atoms with Gasteiger partial charge in [-0.05, 0) is 36.2 Å². The van der Waals surface area contributed by atoms with Crippen molar-refractivity contribution < 1.29 is 10.0 Å². The monoisotopic (exact) mass is 326 g/mol. The maximum Gasteiger partial charge on any atom is 0.288 e. The molecule has 0 spiro atoms. The first-order valence-electron chi connectivity index (χ1n) is 6.04. The van der Waals surface area contributed by atoms with Crippen molar-refractivity contribution in [3.63, 3.8) is 0 Å². The van der Waals surface area contributed by atoms with Crippen molar-refractivity contribution in [3.8, 4) is 5.75 Å². The average molecular weight is 327 g/mol. The van der Waals surface area contributed by atoms with Crippen molar-refractivity contribution in [3.05, 3.63) is 61.6 Å². The molecule has 0 heterocycles. The third-order valence-corrected chi connectivity index (χ3v) is 3.59. The molecule has 0 fully saturated rings. The first-order valence-corrected chi connectivity index (χ1v) is 6.80. The fourth-order valence-corrected chi connectivity index (χ4v) is 2.29. The van der Waals surface area contributed by atoms with E-state index in [4.69, 9.17) is 23.2 Å². The molecule has 0 aliphatic carbocycles. The maximum atomic E-state index is 10.8. The van der Waals surface area contributed by atoms with Crippen molar-refractivity contribution in [1.29, 1.82) is 0 Å². The smallest absolute Gasteiger partial charge is 0.288 e. The topological polar surface area (TPSA) is 75.4 Å². The largest absolute Gasteiger partial charge is 0.506 e. The van der Waals surface area contributed by atoms with Crippen LogP contribution in [0.25, 0.3) is 0 Å². The van der Waals surface area contributed by atoms with E-state index < -0.39 is 4.92 Å². The Morgan fingerprint density at radius 1 is 1.24 bits per heavy atom. The van der Waals surface area contributed by atoms with Crippen LogP contribution >= 0.6 is 23.2 Å². The lowest BCUT2D eigenvalue weighted by Crippen LogP contribution is -2.02. The third kappa shape index (κ3) is 3.56. The highest BCUT2D eigenvalue weighted by molar-refractivity contribution is 6.33. The second-order valence-corrected chi connectivity index (χ2v) is 5.33. The summed E-state index contributed by atoms with van der Waals surface area (Å²) in [6.07, 6.45) is 0. The van der Waals surface area contributed by atoms with Crippen molar-refractivity contribution >= 4 is 34.6 Å². The van der Waals surface area contributed by atoms with Gasteiger partial charge in [-0.15, -0.1) is 0 Å². The Morgan fingerprint density at radius 3 is 2.57 bits per heavy atom. The number of phenolic OH excluding ortho intramolecular Hbond substituents is 1. The number of nitrogens with one attached hydrogen (secondary N) is 1. The first kappa shape index (κ1) is 15.4. The molecule has 21 heavy (non-hydrogen) atoms. The summed E-state index contributed by atoms with van der Waals surface area (Å²) >= 11 is 11.7. The van der Waals surface area contributed by atoms with Crippen LogP contribution in [-0.4, -0.2) is 10.0 Å². The fourth-order valence-electron chi connectivity index (χ4n) is 1.85. The van der Waals surface area contributed by atoms with Crippen LogP contribution in [-0.2, 0) is 6.54 Å². The number of phenols is 1. The minimum absolute atomic E-state index is 0.0231. The number of aromatic hydroxyl groups is 1. The van der Waals surface area contributed by atoms with Crippen LogP contribution in [0, 0.1) is 17.0 Å². The Morgan fingerprint density at radius 2 is 1.95 bits per heavy atom. The summed E-state index contributed by atoms with van der Waals surface area (Å²) in [6, 6.07) is 7.84. The van der Waals surface area contributed by atoms with Crippen molar-refractivity contribution in [2.45, 2.75) is 13.5 Å². The van der Waals surface area contributed by atoms with Crippen molar-refractivity contribution in [2.24, 2.45) is 0 Å². The van der Waals surface area contributed by atoms with Gasteiger partial charge in [0.2, 0.25) is 0 Å².